The summed E-state index contributed by atoms with van der Waals surface area (Å²) >= 11 is 1.73. The maximum Gasteiger partial charge on any atom is 0.253 e. The molecule has 2 aromatic heterocycles. The molecule has 0 saturated heterocycles. The summed E-state index contributed by atoms with van der Waals surface area (Å²) in [5.41, 5.74) is 8.75. The molecule has 2 N–H and O–H groups in total. The lowest BCUT2D eigenvalue weighted by atomic mass is 9.64. The summed E-state index contributed by atoms with van der Waals surface area (Å²) < 4.78 is 4.71. The van der Waals surface area contributed by atoms with Crippen molar-refractivity contribution < 1.29 is 26.3 Å². The fourth-order valence-electron chi connectivity index (χ4n) is 5.78. The lowest BCUT2D eigenvalue weighted by Gasteiger charge is -2.37. The van der Waals surface area contributed by atoms with Gasteiger partial charge in [0.05, 0.1) is 0 Å². The van der Waals surface area contributed by atoms with Gasteiger partial charge in [-0.3, -0.25) is 4.79 Å². The molecular weight excluding hydrogens is 506 g/mol. The van der Waals surface area contributed by atoms with Gasteiger partial charge in [-0.2, -0.15) is 11.3 Å². The maximum absolute atomic E-state index is 13.3. The van der Waals surface area contributed by atoms with Gasteiger partial charge in [-0.15, -0.1) is 0 Å². The van der Waals surface area contributed by atoms with Crippen molar-refractivity contribution in [2.24, 2.45) is 11.7 Å². The largest absolute Gasteiger partial charge is 1.00 e. The Morgan fingerprint density at radius 3 is 2.26 bits per heavy atom. The van der Waals surface area contributed by atoms with Crippen LogP contribution in [0.3, 0.4) is 0 Å². The second kappa shape index (κ2) is 10.3. The maximum atomic E-state index is 13.3. The highest BCUT2D eigenvalue weighted by molar-refractivity contribution is 7.07. The number of aromatic nitrogens is 2. The van der Waals surface area contributed by atoms with Crippen LogP contribution in [0.5, 0.6) is 0 Å². The smallest absolute Gasteiger partial charge is 0.253 e. The number of nitrogens with zero attached hydrogens (tertiary/aromatic N) is 2. The molecular formula is C28H30BrN3OS. The summed E-state index contributed by atoms with van der Waals surface area (Å²) in [4.78, 5) is 13.3. The Bertz CT molecular complexity index is 1180. The number of primary amides is 1. The quantitative estimate of drug-likeness (QED) is 0.361. The lowest BCUT2D eigenvalue weighted by Crippen LogP contribution is -3.00. The number of benzene rings is 2. The molecule has 1 amide bonds. The number of carbonyl (C=O) groups is 1. The molecule has 2 aromatic carbocycles. The first-order chi connectivity index (χ1) is 16.1. The molecule has 5 rings (SSSR count). The number of halogens is 1. The zero-order valence-corrected chi connectivity index (χ0v) is 21.7. The molecule has 1 fully saturated rings. The molecule has 1 aliphatic rings. The predicted molar refractivity (Wildman–Crippen MR) is 132 cm³/mol. The minimum atomic E-state index is -0.828. The van der Waals surface area contributed by atoms with Gasteiger partial charge in [0, 0.05) is 12.5 Å². The standard InChI is InChI=1S/C28H29N3OS.BrH/c1-21-30(19-22-14-17-33-20-22)15-16-31(21)26-13-12-25(18-26)28(27(29)32,23-8-4-2-5-9-23)24-10-6-3-7-11-24;/h2-11,14-17,20,25-26H,12-13,18-19H2,1H3,(H-,29,32);1H/t25-,26+;/m1./s1. The van der Waals surface area contributed by atoms with E-state index in [1.807, 2.05) is 36.4 Å². The third kappa shape index (κ3) is 4.25. The third-order valence-corrected chi connectivity index (χ3v) is 8.12. The molecule has 4 aromatic rings. The second-order valence-corrected chi connectivity index (χ2v) is 9.86. The first-order valence-electron chi connectivity index (χ1n) is 11.6. The van der Waals surface area contributed by atoms with E-state index in [1.165, 1.54) is 11.4 Å². The second-order valence-electron chi connectivity index (χ2n) is 9.08. The molecule has 0 unspecified atom stereocenters. The van der Waals surface area contributed by atoms with Gasteiger partial charge in [-0.25, -0.2) is 9.13 Å². The van der Waals surface area contributed by atoms with Crippen molar-refractivity contribution in [3.8, 4) is 0 Å². The Kier molecular flexibility index (Phi) is 7.39. The predicted octanol–water partition coefficient (Wildman–Crippen LogP) is 2.01. The van der Waals surface area contributed by atoms with Crippen LogP contribution in [0.15, 0.2) is 89.9 Å². The number of amides is 1. The van der Waals surface area contributed by atoms with Crippen molar-refractivity contribution in [3.05, 3.63) is 112 Å². The van der Waals surface area contributed by atoms with Crippen molar-refractivity contribution in [2.45, 2.75) is 44.2 Å². The average molecular weight is 537 g/mol. The highest BCUT2D eigenvalue weighted by atomic mass is 79.9. The van der Waals surface area contributed by atoms with Crippen LogP contribution in [0.4, 0.5) is 0 Å². The van der Waals surface area contributed by atoms with Gasteiger partial charge in [0.15, 0.2) is 0 Å². The van der Waals surface area contributed by atoms with Gasteiger partial charge < -0.3 is 22.7 Å². The molecule has 4 nitrogen and oxygen atoms in total. The Balaban J connectivity index is 0.00000274. The molecule has 6 heteroatoms. The summed E-state index contributed by atoms with van der Waals surface area (Å²) in [6.45, 7) is 3.08. The molecule has 34 heavy (non-hydrogen) atoms. The van der Waals surface area contributed by atoms with E-state index in [0.717, 1.165) is 36.9 Å². The van der Waals surface area contributed by atoms with Crippen molar-refractivity contribution >= 4 is 17.2 Å². The lowest BCUT2D eigenvalue weighted by molar-refractivity contribution is -0.694. The molecule has 0 radical (unpaired) electrons. The summed E-state index contributed by atoms with van der Waals surface area (Å²) in [6.07, 6.45) is 7.29. The van der Waals surface area contributed by atoms with E-state index in [-0.39, 0.29) is 28.8 Å². The number of hydrogen-bond acceptors (Lipinski definition) is 2. The van der Waals surface area contributed by atoms with Gasteiger partial charge in [-0.05, 0) is 53.1 Å². The normalized spacial score (nSPS) is 17.9. The van der Waals surface area contributed by atoms with E-state index in [9.17, 15) is 4.79 Å². The van der Waals surface area contributed by atoms with Crippen molar-refractivity contribution in [3.63, 3.8) is 0 Å². The van der Waals surface area contributed by atoms with E-state index >= 15 is 0 Å². The minimum Gasteiger partial charge on any atom is -1.00 e. The van der Waals surface area contributed by atoms with E-state index < -0.39 is 5.41 Å². The number of hydrogen-bond donors (Lipinski definition) is 1. The summed E-state index contributed by atoms with van der Waals surface area (Å²) in [5, 5.41) is 4.33. The topological polar surface area (TPSA) is 51.9 Å². The fraction of sp³-hybridized carbons (Fsp3) is 0.286. The SMILES string of the molecule is Cc1n([C@H]2CC[C@@H](C(C(N)=O)(c3ccccc3)c3ccccc3)C2)cc[n+]1Cc1ccsc1.[Br-]. The zero-order valence-electron chi connectivity index (χ0n) is 19.3. The van der Waals surface area contributed by atoms with Crippen molar-refractivity contribution in [1.29, 1.82) is 0 Å². The zero-order chi connectivity index (χ0) is 22.8. The van der Waals surface area contributed by atoms with Gasteiger partial charge >= 0.3 is 0 Å². The molecule has 1 aliphatic carbocycles. The molecule has 0 aliphatic heterocycles. The fourth-order valence-corrected chi connectivity index (χ4v) is 6.44. The Labute approximate surface area is 215 Å². The average Bonchev–Trinajstić information content (AvgIpc) is 3.59. The number of thiophene rings is 1. The number of nitrogens with two attached hydrogens (primary N) is 1. The first-order valence-corrected chi connectivity index (χ1v) is 12.5. The van der Waals surface area contributed by atoms with Crippen LogP contribution < -0.4 is 27.3 Å². The molecule has 2 atom stereocenters. The van der Waals surface area contributed by atoms with Gasteiger partial charge in [0.25, 0.3) is 5.82 Å². The van der Waals surface area contributed by atoms with Crippen LogP contribution in [0, 0.1) is 12.8 Å². The highest BCUT2D eigenvalue weighted by Gasteiger charge is 2.51. The number of carbonyl (C=O) groups excluding carboxylic acids is 1. The van der Waals surface area contributed by atoms with E-state index in [4.69, 9.17) is 5.73 Å². The van der Waals surface area contributed by atoms with Crippen molar-refractivity contribution in [1.82, 2.24) is 4.57 Å². The van der Waals surface area contributed by atoms with Crippen molar-refractivity contribution in [2.75, 3.05) is 0 Å². The van der Waals surface area contributed by atoms with E-state index in [0.29, 0.717) is 6.04 Å². The molecule has 0 bridgehead atoms. The number of rotatable bonds is 7. The van der Waals surface area contributed by atoms with Crippen LogP contribution in [-0.4, -0.2) is 10.5 Å². The van der Waals surface area contributed by atoms with Crippen LogP contribution in [-0.2, 0) is 16.8 Å². The van der Waals surface area contributed by atoms with Crippen LogP contribution in [0.2, 0.25) is 0 Å². The first kappa shape index (κ1) is 24.4. The number of imidazole rings is 1. The van der Waals surface area contributed by atoms with Gasteiger partial charge in [0.2, 0.25) is 5.91 Å². The summed E-state index contributed by atoms with van der Waals surface area (Å²) in [5.74, 6) is 1.12. The molecule has 176 valence electrons. The van der Waals surface area contributed by atoms with Gasteiger partial charge in [-0.1, -0.05) is 60.7 Å². The Morgan fingerprint density at radius 2 is 1.71 bits per heavy atom. The minimum absolute atomic E-state index is 0. The Morgan fingerprint density at radius 1 is 1.06 bits per heavy atom. The van der Waals surface area contributed by atoms with E-state index in [2.05, 4.69) is 69.5 Å². The third-order valence-electron chi connectivity index (χ3n) is 7.39. The molecule has 1 saturated carbocycles. The Hall–Kier alpha value is -2.70. The highest BCUT2D eigenvalue weighted by Crippen LogP contribution is 2.49. The monoisotopic (exact) mass is 535 g/mol. The van der Waals surface area contributed by atoms with Crippen LogP contribution in [0.25, 0.3) is 0 Å². The molecule has 0 spiro atoms. The summed E-state index contributed by atoms with van der Waals surface area (Å²) in [7, 11) is 0. The van der Waals surface area contributed by atoms with Crippen LogP contribution >= 0.6 is 11.3 Å². The summed E-state index contributed by atoms with van der Waals surface area (Å²) in [6, 6.07) is 22.8. The van der Waals surface area contributed by atoms with E-state index in [1.54, 1.807) is 11.3 Å². The van der Waals surface area contributed by atoms with Gasteiger partial charge in [0.1, 0.15) is 30.4 Å². The molecule has 2 heterocycles. The van der Waals surface area contributed by atoms with Crippen LogP contribution in [0.1, 0.15) is 47.8 Å².